The summed E-state index contributed by atoms with van der Waals surface area (Å²) < 4.78 is 6.56. The van der Waals surface area contributed by atoms with E-state index in [1.807, 2.05) is 0 Å². The van der Waals surface area contributed by atoms with Gasteiger partial charge in [0.05, 0.1) is 11.7 Å². The first-order chi connectivity index (χ1) is 9.08. The molecular formula is C17H33NO. The number of hydrogen-bond donors (Lipinski definition) is 1. The number of hydrogen-bond acceptors (Lipinski definition) is 2. The van der Waals surface area contributed by atoms with Gasteiger partial charge in [0.15, 0.2) is 0 Å². The van der Waals surface area contributed by atoms with E-state index in [2.05, 4.69) is 20.8 Å². The lowest BCUT2D eigenvalue weighted by molar-refractivity contribution is -0.132. The van der Waals surface area contributed by atoms with Crippen LogP contribution in [0.15, 0.2) is 0 Å². The summed E-state index contributed by atoms with van der Waals surface area (Å²) in [6.07, 6.45) is 10.6. The van der Waals surface area contributed by atoms with Crippen molar-refractivity contribution in [1.29, 1.82) is 0 Å². The summed E-state index contributed by atoms with van der Waals surface area (Å²) in [6.45, 7) is 7.78. The molecule has 0 heterocycles. The molecule has 2 saturated carbocycles. The molecule has 112 valence electrons. The van der Waals surface area contributed by atoms with Crippen LogP contribution in [0, 0.1) is 17.8 Å². The van der Waals surface area contributed by atoms with Gasteiger partial charge in [-0.05, 0) is 62.7 Å². The van der Waals surface area contributed by atoms with Crippen molar-refractivity contribution in [3.63, 3.8) is 0 Å². The van der Waals surface area contributed by atoms with Crippen molar-refractivity contribution in [1.82, 2.24) is 0 Å². The Balaban J connectivity index is 1.89. The quantitative estimate of drug-likeness (QED) is 0.831. The van der Waals surface area contributed by atoms with Gasteiger partial charge in [0, 0.05) is 6.54 Å². The molecule has 2 nitrogen and oxygen atoms in total. The average Bonchev–Trinajstić information content (AvgIpc) is 2.44. The summed E-state index contributed by atoms with van der Waals surface area (Å²) in [4.78, 5) is 0. The molecule has 0 amide bonds. The van der Waals surface area contributed by atoms with Crippen molar-refractivity contribution < 1.29 is 4.74 Å². The van der Waals surface area contributed by atoms with E-state index in [1.54, 1.807) is 0 Å². The lowest BCUT2D eigenvalue weighted by atomic mass is 9.76. The smallest absolute Gasteiger partial charge is 0.0808 e. The molecule has 0 radical (unpaired) electrons. The van der Waals surface area contributed by atoms with Crippen molar-refractivity contribution in [2.75, 3.05) is 6.54 Å². The van der Waals surface area contributed by atoms with Crippen LogP contribution < -0.4 is 5.73 Å². The molecule has 2 aliphatic rings. The zero-order chi connectivity index (χ0) is 13.9. The molecule has 0 spiro atoms. The van der Waals surface area contributed by atoms with Crippen molar-refractivity contribution in [3.05, 3.63) is 0 Å². The van der Waals surface area contributed by atoms with Crippen LogP contribution in [0.1, 0.15) is 72.1 Å². The van der Waals surface area contributed by atoms with E-state index in [9.17, 15) is 0 Å². The van der Waals surface area contributed by atoms with E-state index >= 15 is 0 Å². The maximum Gasteiger partial charge on any atom is 0.0808 e. The van der Waals surface area contributed by atoms with E-state index in [-0.39, 0.29) is 5.60 Å². The Kier molecular flexibility index (Phi) is 5.30. The van der Waals surface area contributed by atoms with Crippen molar-refractivity contribution in [2.24, 2.45) is 23.5 Å². The number of ether oxygens (including phenoxy) is 1. The van der Waals surface area contributed by atoms with Gasteiger partial charge in [-0.3, -0.25) is 0 Å². The van der Waals surface area contributed by atoms with E-state index in [0.29, 0.717) is 12.6 Å². The van der Waals surface area contributed by atoms with Crippen LogP contribution in [0.4, 0.5) is 0 Å². The van der Waals surface area contributed by atoms with Gasteiger partial charge in [0.1, 0.15) is 0 Å². The number of nitrogens with two attached hydrogens (primary N) is 1. The summed E-state index contributed by atoms with van der Waals surface area (Å²) >= 11 is 0. The lowest BCUT2D eigenvalue weighted by Gasteiger charge is -2.44. The molecule has 0 aromatic rings. The zero-order valence-electron chi connectivity index (χ0n) is 13.2. The molecule has 0 aromatic heterocycles. The van der Waals surface area contributed by atoms with Crippen LogP contribution in [-0.4, -0.2) is 18.2 Å². The van der Waals surface area contributed by atoms with Gasteiger partial charge in [-0.1, -0.05) is 27.2 Å². The second-order valence-corrected chi connectivity index (χ2v) is 7.25. The van der Waals surface area contributed by atoms with Crippen molar-refractivity contribution in [2.45, 2.75) is 83.8 Å². The van der Waals surface area contributed by atoms with Gasteiger partial charge in [0.2, 0.25) is 0 Å². The molecule has 2 N–H and O–H groups in total. The Bertz CT molecular complexity index is 270. The average molecular weight is 267 g/mol. The molecule has 2 heteroatoms. The van der Waals surface area contributed by atoms with E-state index in [1.165, 1.54) is 51.4 Å². The van der Waals surface area contributed by atoms with Gasteiger partial charge in [-0.2, -0.15) is 0 Å². The van der Waals surface area contributed by atoms with Crippen molar-refractivity contribution >= 4 is 0 Å². The van der Waals surface area contributed by atoms with Crippen LogP contribution >= 0.6 is 0 Å². The molecule has 0 aromatic carbocycles. The first-order valence-corrected chi connectivity index (χ1v) is 8.46. The maximum atomic E-state index is 6.56. The van der Waals surface area contributed by atoms with E-state index < -0.39 is 0 Å². The van der Waals surface area contributed by atoms with Gasteiger partial charge in [-0.15, -0.1) is 0 Å². The SMILES string of the molecule is CCC1CCC(CN)(OC2CCC(C)C(C)C2)CC1. The zero-order valence-corrected chi connectivity index (χ0v) is 13.2. The van der Waals surface area contributed by atoms with Crippen LogP contribution in [0.25, 0.3) is 0 Å². The molecular weight excluding hydrogens is 234 g/mol. The highest BCUT2D eigenvalue weighted by molar-refractivity contribution is 4.90. The molecule has 0 bridgehead atoms. The normalized spacial score (nSPS) is 44.2. The fraction of sp³-hybridized carbons (Fsp3) is 1.00. The Morgan fingerprint density at radius 1 is 1.05 bits per heavy atom. The molecule has 2 aliphatic carbocycles. The Morgan fingerprint density at radius 2 is 1.74 bits per heavy atom. The van der Waals surface area contributed by atoms with Crippen LogP contribution in [0.5, 0.6) is 0 Å². The molecule has 2 rings (SSSR count). The second kappa shape index (κ2) is 6.58. The summed E-state index contributed by atoms with van der Waals surface area (Å²) in [5.41, 5.74) is 6.09. The Morgan fingerprint density at radius 3 is 2.26 bits per heavy atom. The summed E-state index contributed by atoms with van der Waals surface area (Å²) in [5, 5.41) is 0. The van der Waals surface area contributed by atoms with Gasteiger partial charge in [-0.25, -0.2) is 0 Å². The highest BCUT2D eigenvalue weighted by atomic mass is 16.5. The lowest BCUT2D eigenvalue weighted by Crippen LogP contribution is -2.47. The summed E-state index contributed by atoms with van der Waals surface area (Å²) in [7, 11) is 0. The molecule has 0 saturated heterocycles. The van der Waals surface area contributed by atoms with Gasteiger partial charge >= 0.3 is 0 Å². The fourth-order valence-electron chi connectivity index (χ4n) is 3.94. The Hall–Kier alpha value is -0.0800. The predicted molar refractivity (Wildman–Crippen MR) is 81.1 cm³/mol. The minimum Gasteiger partial charge on any atom is -0.370 e. The third-order valence-electron chi connectivity index (χ3n) is 5.93. The van der Waals surface area contributed by atoms with Crippen molar-refractivity contribution in [3.8, 4) is 0 Å². The van der Waals surface area contributed by atoms with Gasteiger partial charge in [0.25, 0.3) is 0 Å². The largest absolute Gasteiger partial charge is 0.370 e. The molecule has 2 fully saturated rings. The highest BCUT2D eigenvalue weighted by Crippen LogP contribution is 2.39. The van der Waals surface area contributed by atoms with E-state index in [0.717, 1.165) is 17.8 Å². The molecule has 0 aliphatic heterocycles. The third kappa shape index (κ3) is 3.72. The highest BCUT2D eigenvalue weighted by Gasteiger charge is 2.38. The second-order valence-electron chi connectivity index (χ2n) is 7.25. The van der Waals surface area contributed by atoms with E-state index in [4.69, 9.17) is 10.5 Å². The van der Waals surface area contributed by atoms with Gasteiger partial charge < -0.3 is 10.5 Å². The monoisotopic (exact) mass is 267 g/mol. The minimum absolute atomic E-state index is 0.0106. The summed E-state index contributed by atoms with van der Waals surface area (Å²) in [5.74, 6) is 2.58. The van der Waals surface area contributed by atoms with Crippen LogP contribution in [-0.2, 0) is 4.74 Å². The van der Waals surface area contributed by atoms with Crippen LogP contribution in [0.3, 0.4) is 0 Å². The topological polar surface area (TPSA) is 35.2 Å². The summed E-state index contributed by atoms with van der Waals surface area (Å²) in [6, 6.07) is 0. The molecule has 19 heavy (non-hydrogen) atoms. The first kappa shape index (κ1) is 15.3. The fourth-order valence-corrected chi connectivity index (χ4v) is 3.94. The first-order valence-electron chi connectivity index (χ1n) is 8.46. The minimum atomic E-state index is 0.0106. The molecule has 3 unspecified atom stereocenters. The Labute approximate surface area is 119 Å². The number of rotatable bonds is 4. The standard InChI is InChI=1S/C17H33NO/c1-4-15-7-9-17(12-18,10-8-15)19-16-6-5-13(2)14(3)11-16/h13-16H,4-12,18H2,1-3H3. The molecule has 3 atom stereocenters. The maximum absolute atomic E-state index is 6.56. The predicted octanol–water partition coefficient (Wildman–Crippen LogP) is 4.13. The van der Waals surface area contributed by atoms with Crippen LogP contribution in [0.2, 0.25) is 0 Å². The third-order valence-corrected chi connectivity index (χ3v) is 5.93.